The summed E-state index contributed by atoms with van der Waals surface area (Å²) in [6.45, 7) is 5.75. The number of hydrogen-bond acceptors (Lipinski definition) is 4. The molecule has 6 nitrogen and oxygen atoms in total. The highest BCUT2D eigenvalue weighted by Gasteiger charge is 2.44. The van der Waals surface area contributed by atoms with Gasteiger partial charge in [-0.15, -0.1) is 0 Å². The molecule has 0 spiro atoms. The molecule has 1 N–H and O–H groups in total. The van der Waals surface area contributed by atoms with Crippen molar-refractivity contribution < 1.29 is 4.79 Å². The van der Waals surface area contributed by atoms with Crippen LogP contribution in [0.5, 0.6) is 0 Å². The van der Waals surface area contributed by atoms with Crippen molar-refractivity contribution in [2.75, 3.05) is 4.90 Å². The molecule has 3 aromatic rings. The number of nitrogens with one attached hydrogen (secondary N) is 1. The Hall–Kier alpha value is -3.02. The molecule has 0 bridgehead atoms. The van der Waals surface area contributed by atoms with E-state index < -0.39 is 5.41 Å². The molecular weight excluding hydrogens is 302 g/mol. The van der Waals surface area contributed by atoms with E-state index in [4.69, 9.17) is 0 Å². The van der Waals surface area contributed by atoms with Crippen LogP contribution in [0.3, 0.4) is 0 Å². The summed E-state index contributed by atoms with van der Waals surface area (Å²) in [5.41, 5.74) is 3.95. The van der Waals surface area contributed by atoms with E-state index in [-0.39, 0.29) is 5.91 Å². The van der Waals surface area contributed by atoms with E-state index in [1.165, 1.54) is 0 Å². The highest BCUT2D eigenvalue weighted by Crippen LogP contribution is 2.46. The minimum atomic E-state index is -0.574. The number of nitrogens with zero attached hydrogens (tertiary/aromatic N) is 4. The predicted octanol–water partition coefficient (Wildman–Crippen LogP) is 3.13. The lowest BCUT2D eigenvalue weighted by Gasteiger charge is -2.18. The molecule has 0 saturated carbocycles. The lowest BCUT2D eigenvalue weighted by atomic mass is 9.85. The molecule has 3 heterocycles. The Balaban J connectivity index is 1.88. The first-order valence-electron chi connectivity index (χ1n) is 7.75. The Morgan fingerprint density at radius 3 is 2.50 bits per heavy atom. The third kappa shape index (κ3) is 2.03. The van der Waals surface area contributed by atoms with Crippen LogP contribution < -0.4 is 4.90 Å². The maximum Gasteiger partial charge on any atom is 0.241 e. The van der Waals surface area contributed by atoms with Gasteiger partial charge in [0.05, 0.1) is 23.0 Å². The zero-order chi connectivity index (χ0) is 16.9. The molecule has 1 aliphatic rings. The smallest absolute Gasteiger partial charge is 0.241 e. The van der Waals surface area contributed by atoms with Crippen molar-refractivity contribution >= 4 is 17.3 Å². The van der Waals surface area contributed by atoms with Crippen molar-refractivity contribution in [2.45, 2.75) is 26.2 Å². The molecule has 0 atom stereocenters. The maximum absolute atomic E-state index is 12.9. The van der Waals surface area contributed by atoms with Gasteiger partial charge < -0.3 is 0 Å². The van der Waals surface area contributed by atoms with Crippen LogP contribution in [0.4, 0.5) is 11.4 Å². The van der Waals surface area contributed by atoms with Gasteiger partial charge in [0, 0.05) is 24.2 Å². The fourth-order valence-corrected chi connectivity index (χ4v) is 3.09. The molecule has 2 aromatic heterocycles. The summed E-state index contributed by atoms with van der Waals surface area (Å²) in [6, 6.07) is 6.05. The van der Waals surface area contributed by atoms with Gasteiger partial charge in [0.1, 0.15) is 5.82 Å². The van der Waals surface area contributed by atoms with Gasteiger partial charge in [-0.1, -0.05) is 12.1 Å². The SMILES string of the molecule is Cc1ncc(-c2ccc3c(c2)N(c2cn[nH]c2)C(=O)C3(C)C)cn1. The maximum atomic E-state index is 12.9. The van der Waals surface area contributed by atoms with Crippen LogP contribution in [0.2, 0.25) is 0 Å². The topological polar surface area (TPSA) is 74.8 Å². The molecule has 1 amide bonds. The normalized spacial score (nSPS) is 15.6. The van der Waals surface area contributed by atoms with Crippen molar-refractivity contribution in [3.8, 4) is 11.1 Å². The number of carbonyl (C=O) groups excluding carboxylic acids is 1. The van der Waals surface area contributed by atoms with Crippen molar-refractivity contribution in [2.24, 2.45) is 0 Å². The van der Waals surface area contributed by atoms with Gasteiger partial charge in [-0.2, -0.15) is 5.10 Å². The molecule has 0 aliphatic carbocycles. The number of fused-ring (bicyclic) bond motifs is 1. The van der Waals surface area contributed by atoms with Gasteiger partial charge in [-0.05, 0) is 38.0 Å². The first-order chi connectivity index (χ1) is 11.5. The first kappa shape index (κ1) is 14.6. The van der Waals surface area contributed by atoms with E-state index in [1.807, 2.05) is 39.0 Å². The van der Waals surface area contributed by atoms with Crippen molar-refractivity contribution in [3.05, 3.63) is 54.4 Å². The minimum Gasteiger partial charge on any atom is -0.284 e. The van der Waals surface area contributed by atoms with Gasteiger partial charge in [0.25, 0.3) is 0 Å². The van der Waals surface area contributed by atoms with Gasteiger partial charge >= 0.3 is 0 Å². The summed E-state index contributed by atoms with van der Waals surface area (Å²) in [5, 5.41) is 6.75. The molecule has 120 valence electrons. The summed E-state index contributed by atoms with van der Waals surface area (Å²) < 4.78 is 0. The zero-order valence-corrected chi connectivity index (χ0v) is 13.7. The molecule has 6 heteroatoms. The standard InChI is InChI=1S/C18H17N5O/c1-11-19-7-13(8-20-11)12-4-5-15-16(6-12)23(14-9-21-22-10-14)17(24)18(15,2)3/h4-10H,1-3H3,(H,21,22). The van der Waals surface area contributed by atoms with E-state index in [0.717, 1.165) is 33.9 Å². The number of anilines is 2. The highest BCUT2D eigenvalue weighted by molar-refractivity contribution is 6.12. The Morgan fingerprint density at radius 1 is 1.08 bits per heavy atom. The van der Waals surface area contributed by atoms with Crippen LogP contribution in [0, 0.1) is 6.92 Å². The molecule has 0 radical (unpaired) electrons. The largest absolute Gasteiger partial charge is 0.284 e. The van der Waals surface area contributed by atoms with Crippen LogP contribution in [0.15, 0.2) is 43.0 Å². The number of aromatic nitrogens is 4. The first-order valence-corrected chi connectivity index (χ1v) is 7.75. The molecule has 1 aliphatic heterocycles. The summed E-state index contributed by atoms with van der Waals surface area (Å²) in [5.74, 6) is 0.771. The molecule has 0 fully saturated rings. The van der Waals surface area contributed by atoms with Crippen molar-refractivity contribution in [1.29, 1.82) is 0 Å². The predicted molar refractivity (Wildman–Crippen MR) is 91.0 cm³/mol. The quantitative estimate of drug-likeness (QED) is 0.787. The fraction of sp³-hybridized carbons (Fsp3) is 0.222. The van der Waals surface area contributed by atoms with Crippen LogP contribution in [0.1, 0.15) is 25.2 Å². The third-order valence-electron chi connectivity index (χ3n) is 4.51. The number of H-pyrrole nitrogens is 1. The summed E-state index contributed by atoms with van der Waals surface area (Å²) in [7, 11) is 0. The van der Waals surface area contributed by atoms with E-state index >= 15 is 0 Å². The van der Waals surface area contributed by atoms with E-state index in [9.17, 15) is 4.79 Å². The summed E-state index contributed by atoms with van der Waals surface area (Å²) in [4.78, 5) is 23.2. The zero-order valence-electron chi connectivity index (χ0n) is 13.7. The van der Waals surface area contributed by atoms with Crippen LogP contribution >= 0.6 is 0 Å². The number of hydrogen-bond donors (Lipinski definition) is 1. The van der Waals surface area contributed by atoms with Crippen LogP contribution in [-0.4, -0.2) is 26.1 Å². The second-order valence-corrected chi connectivity index (χ2v) is 6.47. The van der Waals surface area contributed by atoms with Crippen molar-refractivity contribution in [3.63, 3.8) is 0 Å². The summed E-state index contributed by atoms with van der Waals surface area (Å²) >= 11 is 0. The highest BCUT2D eigenvalue weighted by atomic mass is 16.2. The molecule has 0 saturated heterocycles. The lowest BCUT2D eigenvalue weighted by molar-refractivity contribution is -0.121. The third-order valence-corrected chi connectivity index (χ3v) is 4.51. The van der Waals surface area contributed by atoms with Crippen molar-refractivity contribution in [1.82, 2.24) is 20.2 Å². The molecule has 1 aromatic carbocycles. The lowest BCUT2D eigenvalue weighted by Crippen LogP contribution is -2.32. The Labute approximate surface area is 139 Å². The summed E-state index contributed by atoms with van der Waals surface area (Å²) in [6.07, 6.45) is 6.98. The second-order valence-electron chi connectivity index (χ2n) is 6.47. The number of aromatic amines is 1. The monoisotopic (exact) mass is 319 g/mol. The van der Waals surface area contributed by atoms with Gasteiger partial charge in [-0.3, -0.25) is 14.8 Å². The van der Waals surface area contributed by atoms with Gasteiger partial charge in [-0.25, -0.2) is 9.97 Å². The Bertz CT molecular complexity index is 913. The molecular formula is C18H17N5O. The number of benzene rings is 1. The van der Waals surface area contributed by atoms with Gasteiger partial charge in [0.2, 0.25) is 5.91 Å². The van der Waals surface area contributed by atoms with E-state index in [2.05, 4.69) is 20.2 Å². The molecule has 0 unspecified atom stereocenters. The van der Waals surface area contributed by atoms with E-state index in [0.29, 0.717) is 0 Å². The number of amides is 1. The number of rotatable bonds is 2. The van der Waals surface area contributed by atoms with E-state index in [1.54, 1.807) is 29.7 Å². The van der Waals surface area contributed by atoms with Gasteiger partial charge in [0.15, 0.2) is 0 Å². The molecule has 4 rings (SSSR count). The number of carbonyl (C=O) groups is 1. The Kier molecular flexibility index (Phi) is 3.03. The minimum absolute atomic E-state index is 0.0382. The fourth-order valence-electron chi connectivity index (χ4n) is 3.09. The molecule has 24 heavy (non-hydrogen) atoms. The van der Waals surface area contributed by atoms with Crippen LogP contribution in [-0.2, 0) is 10.2 Å². The van der Waals surface area contributed by atoms with Crippen LogP contribution in [0.25, 0.3) is 11.1 Å². The second kappa shape index (κ2) is 4.99. The Morgan fingerprint density at radius 2 is 1.83 bits per heavy atom. The number of aryl methyl sites for hydroxylation is 1. The average Bonchev–Trinajstić information content (AvgIpc) is 3.15. The average molecular weight is 319 g/mol.